The van der Waals surface area contributed by atoms with Gasteiger partial charge in [-0.2, -0.15) is 0 Å². The topological polar surface area (TPSA) is 136 Å². The van der Waals surface area contributed by atoms with Gasteiger partial charge in [-0.1, -0.05) is 23.2 Å². The number of urea groups is 1. The van der Waals surface area contributed by atoms with E-state index in [9.17, 15) is 24.0 Å². The Morgan fingerprint density at radius 1 is 1.00 bits per heavy atom. The van der Waals surface area contributed by atoms with Crippen molar-refractivity contribution in [2.24, 2.45) is 5.73 Å². The molecule has 30 heavy (non-hydrogen) atoms. The predicted octanol–water partition coefficient (Wildman–Crippen LogP) is 2.53. The molecule has 1 aliphatic heterocycles. The summed E-state index contributed by atoms with van der Waals surface area (Å²) in [5.41, 5.74) is 5.06. The average Bonchev–Trinajstić information content (AvgIpc) is 2.93. The van der Waals surface area contributed by atoms with Crippen molar-refractivity contribution >= 4 is 58.6 Å². The molecule has 1 heterocycles. The van der Waals surface area contributed by atoms with Gasteiger partial charge in [0.1, 0.15) is 0 Å². The number of imide groups is 2. The highest BCUT2D eigenvalue weighted by atomic mass is 35.5. The first-order chi connectivity index (χ1) is 14.1. The molecule has 0 saturated carbocycles. The van der Waals surface area contributed by atoms with Crippen molar-refractivity contribution in [1.29, 1.82) is 0 Å². The monoisotopic (exact) mass is 449 g/mol. The summed E-state index contributed by atoms with van der Waals surface area (Å²) in [7, 11) is 0. The number of carbonyl (C=O) groups excluding carboxylic acids is 5. The SMILES string of the molecule is C[C@H](OC(=O)c1ccc2c(c1)C(=O)N(c1ccc(Cl)c(Cl)c1)C2=O)C(=O)NC(N)=O. The van der Waals surface area contributed by atoms with Gasteiger partial charge >= 0.3 is 12.0 Å². The smallest absolute Gasteiger partial charge is 0.338 e. The largest absolute Gasteiger partial charge is 0.449 e. The van der Waals surface area contributed by atoms with E-state index in [1.54, 1.807) is 5.32 Å². The minimum absolute atomic E-state index is 0.0187. The van der Waals surface area contributed by atoms with Crippen LogP contribution in [-0.4, -0.2) is 35.8 Å². The highest BCUT2D eigenvalue weighted by Gasteiger charge is 2.37. The lowest BCUT2D eigenvalue weighted by atomic mass is 10.1. The molecule has 0 saturated heterocycles. The van der Waals surface area contributed by atoms with Gasteiger partial charge in [-0.05, 0) is 43.3 Å². The summed E-state index contributed by atoms with van der Waals surface area (Å²) in [6, 6.07) is 6.97. The van der Waals surface area contributed by atoms with Crippen LogP contribution in [0, 0.1) is 0 Å². The van der Waals surface area contributed by atoms with Crippen molar-refractivity contribution in [3.63, 3.8) is 0 Å². The van der Waals surface area contributed by atoms with E-state index in [-0.39, 0.29) is 32.4 Å². The summed E-state index contributed by atoms with van der Waals surface area (Å²) < 4.78 is 4.96. The van der Waals surface area contributed by atoms with Gasteiger partial charge in [-0.15, -0.1) is 0 Å². The van der Waals surface area contributed by atoms with Crippen molar-refractivity contribution in [2.45, 2.75) is 13.0 Å². The van der Waals surface area contributed by atoms with Gasteiger partial charge < -0.3 is 10.5 Å². The summed E-state index contributed by atoms with van der Waals surface area (Å²) in [6.07, 6.45) is -1.32. The molecule has 11 heteroatoms. The molecule has 0 spiro atoms. The minimum Gasteiger partial charge on any atom is -0.449 e. The molecule has 0 aliphatic carbocycles. The van der Waals surface area contributed by atoms with Crippen LogP contribution in [0.1, 0.15) is 38.0 Å². The number of esters is 1. The van der Waals surface area contributed by atoms with Gasteiger partial charge in [0, 0.05) is 0 Å². The Balaban J connectivity index is 1.84. The van der Waals surface area contributed by atoms with E-state index in [0.717, 1.165) is 4.90 Å². The fourth-order valence-corrected chi connectivity index (χ4v) is 3.02. The number of nitrogens with two attached hydrogens (primary N) is 1. The Morgan fingerprint density at radius 3 is 2.30 bits per heavy atom. The van der Waals surface area contributed by atoms with E-state index >= 15 is 0 Å². The lowest BCUT2D eigenvalue weighted by Gasteiger charge is -2.14. The molecule has 5 amide bonds. The van der Waals surface area contributed by atoms with Crippen molar-refractivity contribution < 1.29 is 28.7 Å². The van der Waals surface area contributed by atoms with Crippen molar-refractivity contribution in [2.75, 3.05) is 4.90 Å². The van der Waals surface area contributed by atoms with Crippen LogP contribution in [0.2, 0.25) is 10.0 Å². The van der Waals surface area contributed by atoms with Crippen LogP contribution < -0.4 is 16.0 Å². The molecule has 3 N–H and O–H groups in total. The fraction of sp³-hybridized carbons (Fsp3) is 0.105. The molecular formula is C19H13Cl2N3O6. The molecule has 0 fully saturated rings. The van der Waals surface area contributed by atoms with Gasteiger partial charge in [-0.25, -0.2) is 14.5 Å². The summed E-state index contributed by atoms with van der Waals surface area (Å²) >= 11 is 11.8. The number of benzene rings is 2. The lowest BCUT2D eigenvalue weighted by Crippen LogP contribution is -2.42. The number of hydrogen-bond donors (Lipinski definition) is 2. The lowest BCUT2D eigenvalue weighted by molar-refractivity contribution is -0.127. The summed E-state index contributed by atoms with van der Waals surface area (Å²) in [4.78, 5) is 61.0. The number of carbonyl (C=O) groups is 5. The molecule has 1 atom stereocenters. The maximum Gasteiger partial charge on any atom is 0.338 e. The van der Waals surface area contributed by atoms with E-state index in [1.165, 1.54) is 43.3 Å². The van der Waals surface area contributed by atoms with Crippen molar-refractivity contribution in [1.82, 2.24) is 5.32 Å². The van der Waals surface area contributed by atoms with E-state index < -0.39 is 35.8 Å². The van der Waals surface area contributed by atoms with Crippen LogP contribution >= 0.6 is 23.2 Å². The Kier molecular flexibility index (Phi) is 5.77. The Bertz CT molecular complexity index is 1120. The fourth-order valence-electron chi connectivity index (χ4n) is 2.73. The zero-order valence-corrected chi connectivity index (χ0v) is 16.8. The third-order valence-corrected chi connectivity index (χ3v) is 4.92. The Morgan fingerprint density at radius 2 is 1.67 bits per heavy atom. The second-order valence-corrected chi connectivity index (χ2v) is 7.02. The van der Waals surface area contributed by atoms with Crippen LogP contribution in [0.25, 0.3) is 0 Å². The van der Waals surface area contributed by atoms with Crippen LogP contribution in [-0.2, 0) is 9.53 Å². The van der Waals surface area contributed by atoms with E-state index in [1.807, 2.05) is 0 Å². The Labute approximate surface area is 179 Å². The number of ether oxygens (including phenoxy) is 1. The number of primary amides is 1. The first-order valence-electron chi connectivity index (χ1n) is 8.39. The molecular weight excluding hydrogens is 437 g/mol. The summed E-state index contributed by atoms with van der Waals surface area (Å²) in [5, 5.41) is 2.21. The van der Waals surface area contributed by atoms with E-state index in [0.29, 0.717) is 0 Å². The average molecular weight is 450 g/mol. The van der Waals surface area contributed by atoms with Gasteiger partial charge in [-0.3, -0.25) is 19.7 Å². The molecule has 2 aromatic rings. The zero-order valence-electron chi connectivity index (χ0n) is 15.3. The van der Waals surface area contributed by atoms with Gasteiger partial charge in [0.2, 0.25) is 0 Å². The number of nitrogens with one attached hydrogen (secondary N) is 1. The van der Waals surface area contributed by atoms with Crippen LogP contribution in [0.15, 0.2) is 36.4 Å². The van der Waals surface area contributed by atoms with Crippen molar-refractivity contribution in [3.05, 3.63) is 63.1 Å². The maximum absolute atomic E-state index is 12.8. The normalized spacial score (nSPS) is 13.6. The molecule has 0 unspecified atom stereocenters. The molecule has 9 nitrogen and oxygen atoms in total. The molecule has 154 valence electrons. The van der Waals surface area contributed by atoms with Gasteiger partial charge in [0.05, 0.1) is 32.4 Å². The molecule has 1 aliphatic rings. The summed E-state index contributed by atoms with van der Waals surface area (Å²) in [6.45, 7) is 1.24. The number of hydrogen-bond acceptors (Lipinski definition) is 6. The number of halogens is 2. The number of amides is 5. The molecule has 3 rings (SSSR count). The standard InChI is InChI=1S/C19H13Cl2N3O6/c1-8(15(25)23-19(22)29)30-18(28)9-2-4-11-12(6-9)17(27)24(16(11)26)10-3-5-13(20)14(21)7-10/h2-8H,1H3,(H3,22,23,25,29)/t8-/m0/s1. The number of nitrogens with zero attached hydrogens (tertiary/aromatic N) is 1. The molecule has 0 bridgehead atoms. The van der Waals surface area contributed by atoms with E-state index in [2.05, 4.69) is 0 Å². The zero-order chi connectivity index (χ0) is 22.2. The highest BCUT2D eigenvalue weighted by Crippen LogP contribution is 2.33. The number of fused-ring (bicyclic) bond motifs is 1. The van der Waals surface area contributed by atoms with Crippen molar-refractivity contribution in [3.8, 4) is 0 Å². The molecule has 0 radical (unpaired) electrons. The number of rotatable bonds is 4. The summed E-state index contributed by atoms with van der Waals surface area (Å²) in [5.74, 6) is -3.10. The first kappa shape index (κ1) is 21.3. The van der Waals surface area contributed by atoms with E-state index in [4.69, 9.17) is 33.7 Å². The maximum atomic E-state index is 12.8. The van der Waals surface area contributed by atoms with Crippen LogP contribution in [0.3, 0.4) is 0 Å². The third-order valence-electron chi connectivity index (χ3n) is 4.18. The second kappa shape index (κ2) is 8.13. The molecule has 0 aromatic heterocycles. The third kappa shape index (κ3) is 3.98. The first-order valence-corrected chi connectivity index (χ1v) is 9.15. The van der Waals surface area contributed by atoms with Gasteiger partial charge in [0.25, 0.3) is 17.7 Å². The second-order valence-electron chi connectivity index (χ2n) is 6.21. The number of anilines is 1. The molecule has 2 aromatic carbocycles. The predicted molar refractivity (Wildman–Crippen MR) is 107 cm³/mol. The van der Waals surface area contributed by atoms with Crippen LogP contribution in [0.4, 0.5) is 10.5 Å². The van der Waals surface area contributed by atoms with Crippen LogP contribution in [0.5, 0.6) is 0 Å². The quantitative estimate of drug-likeness (QED) is 0.543. The minimum atomic E-state index is -1.32. The van der Waals surface area contributed by atoms with Gasteiger partial charge in [0.15, 0.2) is 6.10 Å². The highest BCUT2D eigenvalue weighted by molar-refractivity contribution is 6.42. The Hall–Kier alpha value is -3.43.